The van der Waals surface area contributed by atoms with Gasteiger partial charge in [-0.15, -0.1) is 21.5 Å². The summed E-state index contributed by atoms with van der Waals surface area (Å²) >= 11 is 2.34. The summed E-state index contributed by atoms with van der Waals surface area (Å²) in [6.07, 6.45) is -0.00284. The van der Waals surface area contributed by atoms with Gasteiger partial charge in [0.05, 0.1) is 6.42 Å². The molecule has 2 aromatic rings. The Morgan fingerprint density at radius 3 is 2.85 bits per heavy atom. The predicted molar refractivity (Wildman–Crippen MR) is 72.0 cm³/mol. The Balaban J connectivity index is 1.92. The fraction of sp³-hybridized carbons (Fsp3) is 0.300. The molecule has 0 radical (unpaired) electrons. The standard InChI is InChI=1S/C10H10N4O4S2/c1-18-3-8-13-14-10(20-8)12-6(15)2-7-11-5(4-19-7)9(16)17/h4H,2-3H2,1H3,(H,16,17)(H,12,14,15). The van der Waals surface area contributed by atoms with Crippen LogP contribution in [0.4, 0.5) is 5.13 Å². The first-order valence-electron chi connectivity index (χ1n) is 5.37. The molecule has 10 heteroatoms. The number of rotatable bonds is 6. The fourth-order valence-corrected chi connectivity index (χ4v) is 2.77. The van der Waals surface area contributed by atoms with Crippen molar-refractivity contribution in [3.05, 3.63) is 21.1 Å². The number of aromatic carboxylic acids is 1. The van der Waals surface area contributed by atoms with E-state index in [1.54, 1.807) is 7.11 Å². The van der Waals surface area contributed by atoms with Crippen molar-refractivity contribution < 1.29 is 19.4 Å². The van der Waals surface area contributed by atoms with Gasteiger partial charge in [-0.25, -0.2) is 9.78 Å². The second kappa shape index (κ2) is 6.50. The number of carboxylic acids is 1. The summed E-state index contributed by atoms with van der Waals surface area (Å²) in [5.74, 6) is -1.43. The monoisotopic (exact) mass is 314 g/mol. The van der Waals surface area contributed by atoms with Gasteiger partial charge >= 0.3 is 5.97 Å². The predicted octanol–water partition coefficient (Wildman–Crippen LogP) is 1.02. The minimum Gasteiger partial charge on any atom is -0.476 e. The van der Waals surface area contributed by atoms with Crippen LogP contribution < -0.4 is 5.32 Å². The minimum absolute atomic E-state index is 0.00284. The Kier molecular flexibility index (Phi) is 4.71. The van der Waals surface area contributed by atoms with Crippen LogP contribution in [-0.2, 0) is 22.6 Å². The third-order valence-electron chi connectivity index (χ3n) is 2.06. The minimum atomic E-state index is -1.11. The molecule has 0 unspecified atom stereocenters. The third kappa shape index (κ3) is 3.79. The molecular formula is C10H10N4O4S2. The van der Waals surface area contributed by atoms with E-state index in [2.05, 4.69) is 20.5 Å². The highest BCUT2D eigenvalue weighted by Gasteiger charge is 2.13. The number of aromatic nitrogens is 3. The van der Waals surface area contributed by atoms with Gasteiger partial charge in [0.25, 0.3) is 0 Å². The Labute approximate surface area is 121 Å². The van der Waals surface area contributed by atoms with Crippen molar-refractivity contribution in [3.63, 3.8) is 0 Å². The zero-order valence-electron chi connectivity index (χ0n) is 10.3. The average molecular weight is 314 g/mol. The van der Waals surface area contributed by atoms with Gasteiger partial charge < -0.3 is 15.2 Å². The number of nitrogens with zero attached hydrogens (tertiary/aromatic N) is 3. The van der Waals surface area contributed by atoms with Crippen LogP contribution >= 0.6 is 22.7 Å². The first-order chi connectivity index (χ1) is 9.58. The van der Waals surface area contributed by atoms with Crippen molar-refractivity contribution in [3.8, 4) is 0 Å². The zero-order chi connectivity index (χ0) is 14.5. The Bertz CT molecular complexity index is 624. The highest BCUT2D eigenvalue weighted by molar-refractivity contribution is 7.15. The molecule has 2 aromatic heterocycles. The smallest absolute Gasteiger partial charge is 0.355 e. The summed E-state index contributed by atoms with van der Waals surface area (Å²) in [4.78, 5) is 26.2. The van der Waals surface area contributed by atoms with Crippen LogP contribution in [0.1, 0.15) is 20.5 Å². The lowest BCUT2D eigenvalue weighted by Gasteiger charge is -1.97. The van der Waals surface area contributed by atoms with Crippen molar-refractivity contribution >= 4 is 39.7 Å². The van der Waals surface area contributed by atoms with Crippen molar-refractivity contribution in [2.24, 2.45) is 0 Å². The molecule has 1 amide bonds. The SMILES string of the molecule is COCc1nnc(NC(=O)Cc2nc(C(=O)O)cs2)s1. The van der Waals surface area contributed by atoms with Gasteiger partial charge in [0, 0.05) is 12.5 Å². The van der Waals surface area contributed by atoms with Crippen LogP contribution in [0, 0.1) is 0 Å². The topological polar surface area (TPSA) is 114 Å². The molecule has 0 saturated carbocycles. The molecule has 0 aliphatic carbocycles. The van der Waals surface area contributed by atoms with Gasteiger partial charge in [-0.3, -0.25) is 4.79 Å². The van der Waals surface area contributed by atoms with Crippen LogP contribution in [0.3, 0.4) is 0 Å². The van der Waals surface area contributed by atoms with Crippen molar-refractivity contribution in [2.45, 2.75) is 13.0 Å². The summed E-state index contributed by atoms with van der Waals surface area (Å²) in [6, 6.07) is 0. The van der Waals surface area contributed by atoms with E-state index in [0.29, 0.717) is 21.8 Å². The number of amides is 1. The summed E-state index contributed by atoms with van der Waals surface area (Å²) < 4.78 is 4.90. The molecule has 0 fully saturated rings. The summed E-state index contributed by atoms with van der Waals surface area (Å²) in [7, 11) is 1.54. The molecule has 0 aliphatic rings. The maximum Gasteiger partial charge on any atom is 0.355 e. The number of anilines is 1. The normalized spacial score (nSPS) is 10.4. The highest BCUT2D eigenvalue weighted by atomic mass is 32.1. The number of nitrogens with one attached hydrogen (secondary N) is 1. The van der Waals surface area contributed by atoms with E-state index in [-0.39, 0.29) is 18.0 Å². The lowest BCUT2D eigenvalue weighted by Crippen LogP contribution is -2.14. The van der Waals surface area contributed by atoms with Gasteiger partial charge in [0.2, 0.25) is 11.0 Å². The number of methoxy groups -OCH3 is 1. The second-order valence-electron chi connectivity index (χ2n) is 3.59. The van der Waals surface area contributed by atoms with E-state index in [9.17, 15) is 9.59 Å². The highest BCUT2D eigenvalue weighted by Crippen LogP contribution is 2.17. The molecule has 2 heterocycles. The van der Waals surface area contributed by atoms with Crippen molar-refractivity contribution in [2.75, 3.05) is 12.4 Å². The molecule has 8 nitrogen and oxygen atoms in total. The van der Waals surface area contributed by atoms with E-state index in [1.807, 2.05) is 0 Å². The Hall–Kier alpha value is -1.91. The largest absolute Gasteiger partial charge is 0.476 e. The van der Waals surface area contributed by atoms with Crippen LogP contribution in [0.25, 0.3) is 0 Å². The van der Waals surface area contributed by atoms with Crippen LogP contribution in [0.5, 0.6) is 0 Å². The van der Waals surface area contributed by atoms with E-state index < -0.39 is 5.97 Å². The van der Waals surface area contributed by atoms with E-state index in [4.69, 9.17) is 9.84 Å². The maximum atomic E-state index is 11.7. The maximum absolute atomic E-state index is 11.7. The van der Waals surface area contributed by atoms with E-state index in [0.717, 1.165) is 11.3 Å². The van der Waals surface area contributed by atoms with Crippen LogP contribution in [-0.4, -0.2) is 39.3 Å². The molecule has 2 N–H and O–H groups in total. The number of carboxylic acid groups (broad SMARTS) is 1. The van der Waals surface area contributed by atoms with Crippen LogP contribution in [0.2, 0.25) is 0 Å². The molecule has 0 saturated heterocycles. The van der Waals surface area contributed by atoms with E-state index in [1.165, 1.54) is 16.7 Å². The lowest BCUT2D eigenvalue weighted by molar-refractivity contribution is -0.115. The molecule has 0 aliphatic heterocycles. The average Bonchev–Trinajstić information content (AvgIpc) is 2.99. The van der Waals surface area contributed by atoms with Crippen LogP contribution in [0.15, 0.2) is 5.38 Å². The third-order valence-corrected chi connectivity index (χ3v) is 3.72. The van der Waals surface area contributed by atoms with E-state index >= 15 is 0 Å². The zero-order valence-corrected chi connectivity index (χ0v) is 12.0. The Morgan fingerprint density at radius 2 is 2.20 bits per heavy atom. The van der Waals surface area contributed by atoms with Gasteiger partial charge in [0.15, 0.2) is 5.69 Å². The fourth-order valence-electron chi connectivity index (χ4n) is 1.28. The molecule has 0 spiro atoms. The number of hydrogen-bond donors (Lipinski definition) is 2. The lowest BCUT2D eigenvalue weighted by atomic mass is 10.4. The summed E-state index contributed by atoms with van der Waals surface area (Å²) in [5.41, 5.74) is -0.0592. The first-order valence-corrected chi connectivity index (χ1v) is 7.07. The van der Waals surface area contributed by atoms with Gasteiger partial charge in [-0.2, -0.15) is 0 Å². The molecule has 0 bridgehead atoms. The quantitative estimate of drug-likeness (QED) is 0.818. The number of thiazole rings is 1. The summed E-state index contributed by atoms with van der Waals surface area (Å²) in [5, 5.41) is 21.8. The molecule has 0 aromatic carbocycles. The molecular weight excluding hydrogens is 304 g/mol. The van der Waals surface area contributed by atoms with Gasteiger partial charge in [-0.1, -0.05) is 11.3 Å². The van der Waals surface area contributed by atoms with Crippen molar-refractivity contribution in [1.29, 1.82) is 0 Å². The van der Waals surface area contributed by atoms with Crippen molar-refractivity contribution in [1.82, 2.24) is 15.2 Å². The summed E-state index contributed by atoms with van der Waals surface area (Å²) in [6.45, 7) is 0.335. The van der Waals surface area contributed by atoms with Gasteiger partial charge in [0.1, 0.15) is 16.6 Å². The molecule has 106 valence electrons. The molecule has 20 heavy (non-hydrogen) atoms. The Morgan fingerprint density at radius 1 is 1.40 bits per heavy atom. The number of hydrogen-bond acceptors (Lipinski definition) is 8. The molecule has 2 rings (SSSR count). The van der Waals surface area contributed by atoms with Gasteiger partial charge in [-0.05, 0) is 0 Å². The second-order valence-corrected chi connectivity index (χ2v) is 5.60. The molecule has 0 atom stereocenters. The first kappa shape index (κ1) is 14.5. The number of carbonyl (C=O) groups excluding carboxylic acids is 1. The number of ether oxygens (including phenoxy) is 1. The number of carbonyl (C=O) groups is 2.